The first-order valence-corrected chi connectivity index (χ1v) is 10.6. The molecule has 0 aliphatic rings. The number of rotatable bonds is 8. The normalized spacial score (nSPS) is 10.8. The van der Waals surface area contributed by atoms with Crippen molar-refractivity contribution in [2.75, 3.05) is 5.75 Å². The van der Waals surface area contributed by atoms with Crippen LogP contribution in [0.5, 0.6) is 0 Å². The topological polar surface area (TPSA) is 85.8 Å². The van der Waals surface area contributed by atoms with Crippen LogP contribution in [0, 0.1) is 0 Å². The third-order valence-electron chi connectivity index (χ3n) is 4.27. The number of hydrogen-bond donors (Lipinski definition) is 1. The van der Waals surface area contributed by atoms with E-state index < -0.39 is 0 Å². The maximum Gasteiger partial charge on any atom is 0.230 e. The van der Waals surface area contributed by atoms with E-state index >= 15 is 0 Å². The van der Waals surface area contributed by atoms with Crippen molar-refractivity contribution in [2.45, 2.75) is 18.2 Å². The molecule has 0 aliphatic carbocycles. The highest BCUT2D eigenvalue weighted by atomic mass is 35.5. The van der Waals surface area contributed by atoms with Gasteiger partial charge < -0.3 is 9.73 Å². The summed E-state index contributed by atoms with van der Waals surface area (Å²) in [6.07, 6.45) is 5.06. The summed E-state index contributed by atoms with van der Waals surface area (Å²) in [6, 6.07) is 14.9. The van der Waals surface area contributed by atoms with E-state index in [1.54, 1.807) is 30.8 Å². The average Bonchev–Trinajstić information content (AvgIpc) is 3.43. The second-order valence-corrected chi connectivity index (χ2v) is 7.78. The Balaban J connectivity index is 1.44. The molecule has 3 heterocycles. The minimum Gasteiger partial charge on any atom is -0.467 e. The van der Waals surface area contributed by atoms with Crippen LogP contribution < -0.4 is 5.32 Å². The fourth-order valence-corrected chi connectivity index (χ4v) is 3.68. The molecule has 0 bridgehead atoms. The van der Waals surface area contributed by atoms with Crippen molar-refractivity contribution in [3.63, 3.8) is 0 Å². The molecule has 1 N–H and O–H groups in total. The number of nitrogens with zero attached hydrogens (tertiary/aromatic N) is 4. The predicted octanol–water partition coefficient (Wildman–Crippen LogP) is 4.04. The number of thioether (sulfide) groups is 1. The van der Waals surface area contributed by atoms with Gasteiger partial charge in [0.25, 0.3) is 0 Å². The molecular weight excluding hydrogens is 422 g/mol. The standard InChI is InChI=1S/C21H18ClN5O2S/c22-17-7-5-15(6-8-17)11-24-19(28)14-30-21-26-25-20(16-3-1-9-23-12-16)27(21)13-18-4-2-10-29-18/h1-10,12H,11,13-14H2,(H,24,28). The zero-order chi connectivity index (χ0) is 20.8. The average molecular weight is 440 g/mol. The molecule has 1 aromatic carbocycles. The van der Waals surface area contributed by atoms with Gasteiger partial charge in [0.2, 0.25) is 5.91 Å². The van der Waals surface area contributed by atoms with Crippen molar-refractivity contribution in [3.8, 4) is 11.4 Å². The number of furan rings is 1. The molecule has 0 saturated heterocycles. The van der Waals surface area contributed by atoms with Gasteiger partial charge in [0, 0.05) is 29.5 Å². The predicted molar refractivity (Wildman–Crippen MR) is 115 cm³/mol. The van der Waals surface area contributed by atoms with Crippen molar-refractivity contribution < 1.29 is 9.21 Å². The number of pyridine rings is 1. The number of carbonyl (C=O) groups is 1. The van der Waals surface area contributed by atoms with Gasteiger partial charge in [0.15, 0.2) is 11.0 Å². The largest absolute Gasteiger partial charge is 0.467 e. The number of amides is 1. The van der Waals surface area contributed by atoms with Gasteiger partial charge in [-0.25, -0.2) is 0 Å². The summed E-state index contributed by atoms with van der Waals surface area (Å²) in [5.41, 5.74) is 1.83. The van der Waals surface area contributed by atoms with Crippen LogP contribution in [0.3, 0.4) is 0 Å². The van der Waals surface area contributed by atoms with Gasteiger partial charge in [0.1, 0.15) is 5.76 Å². The van der Waals surface area contributed by atoms with Gasteiger partial charge in [-0.1, -0.05) is 35.5 Å². The van der Waals surface area contributed by atoms with Crippen molar-refractivity contribution in [1.29, 1.82) is 0 Å². The number of hydrogen-bond acceptors (Lipinski definition) is 6. The first kappa shape index (κ1) is 20.2. The minimum absolute atomic E-state index is 0.0922. The van der Waals surface area contributed by atoms with Gasteiger partial charge in [-0.15, -0.1) is 10.2 Å². The lowest BCUT2D eigenvalue weighted by atomic mass is 10.2. The number of benzene rings is 1. The minimum atomic E-state index is -0.0922. The highest BCUT2D eigenvalue weighted by molar-refractivity contribution is 7.99. The molecule has 0 radical (unpaired) electrons. The highest BCUT2D eigenvalue weighted by Crippen LogP contribution is 2.24. The molecule has 1 amide bonds. The smallest absolute Gasteiger partial charge is 0.230 e. The van der Waals surface area contributed by atoms with Crippen molar-refractivity contribution in [3.05, 3.63) is 83.5 Å². The SMILES string of the molecule is O=C(CSc1nnc(-c2cccnc2)n1Cc1ccco1)NCc1ccc(Cl)cc1. The first-order valence-electron chi connectivity index (χ1n) is 9.19. The number of nitrogens with one attached hydrogen (secondary N) is 1. The van der Waals surface area contributed by atoms with Crippen molar-refractivity contribution in [1.82, 2.24) is 25.1 Å². The van der Waals surface area contributed by atoms with Crippen LogP contribution in [0.4, 0.5) is 0 Å². The molecule has 0 aliphatic heterocycles. The Morgan fingerprint density at radius 2 is 2.00 bits per heavy atom. The van der Waals surface area contributed by atoms with Gasteiger partial charge in [0.05, 0.1) is 18.6 Å². The zero-order valence-corrected chi connectivity index (χ0v) is 17.4. The van der Waals surface area contributed by atoms with Gasteiger partial charge in [-0.05, 0) is 42.0 Å². The van der Waals surface area contributed by atoms with E-state index in [1.165, 1.54) is 11.8 Å². The Morgan fingerprint density at radius 1 is 1.13 bits per heavy atom. The van der Waals surface area contributed by atoms with Gasteiger partial charge in [-0.2, -0.15) is 0 Å². The fourth-order valence-electron chi connectivity index (χ4n) is 2.79. The van der Waals surface area contributed by atoms with Crippen LogP contribution in [0.1, 0.15) is 11.3 Å². The molecular formula is C21H18ClN5O2S. The third-order valence-corrected chi connectivity index (χ3v) is 5.48. The molecule has 0 unspecified atom stereocenters. The van der Waals surface area contributed by atoms with E-state index in [9.17, 15) is 4.79 Å². The Hall–Kier alpha value is -3.10. The molecule has 30 heavy (non-hydrogen) atoms. The van der Waals surface area contributed by atoms with Crippen LogP contribution in [-0.2, 0) is 17.9 Å². The van der Waals surface area contributed by atoms with Crippen molar-refractivity contribution in [2.24, 2.45) is 0 Å². The summed E-state index contributed by atoms with van der Waals surface area (Å²) < 4.78 is 7.41. The van der Waals surface area contributed by atoms with Crippen LogP contribution in [0.25, 0.3) is 11.4 Å². The van der Waals surface area contributed by atoms with E-state index in [4.69, 9.17) is 16.0 Å². The number of aromatic nitrogens is 4. The molecule has 4 rings (SSSR count). The van der Waals surface area contributed by atoms with Gasteiger partial charge in [-0.3, -0.25) is 14.3 Å². The van der Waals surface area contributed by atoms with Crippen molar-refractivity contribution >= 4 is 29.3 Å². The molecule has 0 fully saturated rings. The summed E-state index contributed by atoms with van der Waals surface area (Å²) in [7, 11) is 0. The highest BCUT2D eigenvalue weighted by Gasteiger charge is 2.17. The molecule has 152 valence electrons. The summed E-state index contributed by atoms with van der Waals surface area (Å²) in [4.78, 5) is 16.5. The van der Waals surface area contributed by atoms with E-state index in [0.29, 0.717) is 29.1 Å². The number of halogens is 1. The number of carbonyl (C=O) groups excluding carboxylic acids is 1. The lowest BCUT2D eigenvalue weighted by Gasteiger charge is -2.09. The van der Waals surface area contributed by atoms with Crippen LogP contribution in [0.2, 0.25) is 5.02 Å². The second kappa shape index (κ2) is 9.60. The molecule has 9 heteroatoms. The summed E-state index contributed by atoms with van der Waals surface area (Å²) >= 11 is 7.21. The molecule has 4 aromatic rings. The van der Waals surface area contributed by atoms with Crippen LogP contribution in [0.15, 0.2) is 76.8 Å². The first-order chi connectivity index (χ1) is 14.7. The molecule has 3 aromatic heterocycles. The molecule has 0 saturated carbocycles. The van der Waals surface area contributed by atoms with E-state index in [-0.39, 0.29) is 11.7 Å². The molecule has 0 spiro atoms. The van der Waals surface area contributed by atoms with E-state index in [0.717, 1.165) is 16.9 Å². The maximum atomic E-state index is 12.3. The Bertz CT molecular complexity index is 1100. The van der Waals surface area contributed by atoms with Crippen LogP contribution >= 0.6 is 23.4 Å². The van der Waals surface area contributed by atoms with E-state index in [1.807, 2.05) is 41.0 Å². The second-order valence-electron chi connectivity index (χ2n) is 6.41. The third kappa shape index (κ3) is 5.08. The monoisotopic (exact) mass is 439 g/mol. The van der Waals surface area contributed by atoms with E-state index in [2.05, 4.69) is 20.5 Å². The maximum absolute atomic E-state index is 12.3. The quantitative estimate of drug-likeness (QED) is 0.417. The lowest BCUT2D eigenvalue weighted by molar-refractivity contribution is -0.118. The lowest BCUT2D eigenvalue weighted by Crippen LogP contribution is -2.24. The fraction of sp³-hybridized carbons (Fsp3) is 0.143. The summed E-state index contributed by atoms with van der Waals surface area (Å²) in [6.45, 7) is 0.898. The Morgan fingerprint density at radius 3 is 2.73 bits per heavy atom. The Kier molecular flexibility index (Phi) is 6.46. The Labute approximate surface area is 182 Å². The summed E-state index contributed by atoms with van der Waals surface area (Å²) in [5, 5.41) is 12.8. The van der Waals surface area contributed by atoms with Crippen LogP contribution in [-0.4, -0.2) is 31.4 Å². The molecule has 0 atom stereocenters. The molecule has 7 nitrogen and oxygen atoms in total. The summed E-state index contributed by atoms with van der Waals surface area (Å²) in [5.74, 6) is 1.57. The van der Waals surface area contributed by atoms with Gasteiger partial charge >= 0.3 is 0 Å². The zero-order valence-electron chi connectivity index (χ0n) is 15.9.